The molecule has 6 heteroatoms. The number of ether oxygens (including phenoxy) is 2. The molecule has 0 aliphatic carbocycles. The minimum absolute atomic E-state index is 0.137. The summed E-state index contributed by atoms with van der Waals surface area (Å²) in [5, 5.41) is 8.73. The number of hydrogen-bond donors (Lipinski definition) is 1. The Morgan fingerprint density at radius 2 is 1.54 bits per heavy atom. The van der Waals surface area contributed by atoms with E-state index in [1.54, 1.807) is 0 Å². The average Bonchev–Trinajstić information content (AvgIpc) is 2.16. The van der Waals surface area contributed by atoms with Crippen molar-refractivity contribution in [2.24, 2.45) is 0 Å². The zero-order valence-corrected chi connectivity index (χ0v) is 7.65. The van der Waals surface area contributed by atoms with Crippen LogP contribution in [0.1, 0.15) is 0 Å². The van der Waals surface area contributed by atoms with Crippen LogP contribution in [0.4, 0.5) is 0 Å². The first-order chi connectivity index (χ1) is 6.13. The molecule has 13 heavy (non-hydrogen) atoms. The summed E-state index contributed by atoms with van der Waals surface area (Å²) in [6, 6.07) is 0. The number of rotatable bonds is 5. The Labute approximate surface area is 76.0 Å². The van der Waals surface area contributed by atoms with E-state index in [-0.39, 0.29) is 13.1 Å². The van der Waals surface area contributed by atoms with Gasteiger partial charge in [-0.05, 0) is 0 Å². The Kier molecular flexibility index (Phi) is 5.82. The molecule has 0 saturated carbocycles. The standard InChI is InChI=1S/C7H13NO5/c1-12-6(10)3-8(5-9)4-7(11)13-2/h9H,3-5H2,1-2H3. The highest BCUT2D eigenvalue weighted by Crippen LogP contribution is 1.88. The Balaban J connectivity index is 3.89. The number of methoxy groups -OCH3 is 2. The highest BCUT2D eigenvalue weighted by Gasteiger charge is 2.13. The predicted molar refractivity (Wildman–Crippen MR) is 42.7 cm³/mol. The van der Waals surface area contributed by atoms with Crippen LogP contribution >= 0.6 is 0 Å². The normalized spacial score (nSPS) is 9.85. The van der Waals surface area contributed by atoms with Gasteiger partial charge < -0.3 is 14.6 Å². The van der Waals surface area contributed by atoms with Crippen molar-refractivity contribution >= 4 is 11.9 Å². The minimum atomic E-state index is -0.516. The van der Waals surface area contributed by atoms with Crippen molar-refractivity contribution in [3.63, 3.8) is 0 Å². The van der Waals surface area contributed by atoms with E-state index in [1.165, 1.54) is 19.1 Å². The van der Waals surface area contributed by atoms with Crippen molar-refractivity contribution in [1.82, 2.24) is 4.90 Å². The molecule has 0 rings (SSSR count). The molecule has 76 valence electrons. The Morgan fingerprint density at radius 1 is 1.15 bits per heavy atom. The maximum Gasteiger partial charge on any atom is 0.319 e. The van der Waals surface area contributed by atoms with Crippen LogP contribution in [0.25, 0.3) is 0 Å². The van der Waals surface area contributed by atoms with E-state index in [9.17, 15) is 9.59 Å². The fourth-order valence-electron chi connectivity index (χ4n) is 0.650. The molecule has 0 saturated heterocycles. The van der Waals surface area contributed by atoms with Gasteiger partial charge in [0, 0.05) is 0 Å². The van der Waals surface area contributed by atoms with Gasteiger partial charge in [0.15, 0.2) is 0 Å². The van der Waals surface area contributed by atoms with E-state index < -0.39 is 18.7 Å². The molecule has 0 unspecified atom stereocenters. The highest BCUT2D eigenvalue weighted by atomic mass is 16.5. The topological polar surface area (TPSA) is 76.1 Å². The molecule has 0 aliphatic rings. The van der Waals surface area contributed by atoms with E-state index in [2.05, 4.69) is 9.47 Å². The lowest BCUT2D eigenvalue weighted by atomic mass is 10.5. The monoisotopic (exact) mass is 191 g/mol. The molecule has 0 bridgehead atoms. The van der Waals surface area contributed by atoms with E-state index >= 15 is 0 Å². The van der Waals surface area contributed by atoms with Gasteiger partial charge in [0.05, 0.1) is 34.0 Å². The lowest BCUT2D eigenvalue weighted by Crippen LogP contribution is -2.36. The van der Waals surface area contributed by atoms with Crippen molar-refractivity contribution < 1.29 is 24.2 Å². The van der Waals surface area contributed by atoms with Crippen LogP contribution < -0.4 is 0 Å². The van der Waals surface area contributed by atoms with Gasteiger partial charge in [-0.3, -0.25) is 14.5 Å². The van der Waals surface area contributed by atoms with Crippen LogP contribution in [0.3, 0.4) is 0 Å². The number of nitrogens with zero attached hydrogens (tertiary/aromatic N) is 1. The fourth-order valence-corrected chi connectivity index (χ4v) is 0.650. The largest absolute Gasteiger partial charge is 0.468 e. The molecule has 6 nitrogen and oxygen atoms in total. The zero-order chi connectivity index (χ0) is 10.3. The number of aliphatic hydroxyl groups excluding tert-OH is 1. The van der Waals surface area contributed by atoms with Gasteiger partial charge in [0.25, 0.3) is 0 Å². The molecular weight excluding hydrogens is 178 g/mol. The fraction of sp³-hybridized carbons (Fsp3) is 0.714. The van der Waals surface area contributed by atoms with Gasteiger partial charge >= 0.3 is 11.9 Å². The molecule has 0 atom stereocenters. The smallest absolute Gasteiger partial charge is 0.319 e. The maximum atomic E-state index is 10.7. The molecule has 1 N–H and O–H groups in total. The van der Waals surface area contributed by atoms with E-state index in [4.69, 9.17) is 5.11 Å². The highest BCUT2D eigenvalue weighted by molar-refractivity contribution is 5.74. The van der Waals surface area contributed by atoms with Crippen molar-refractivity contribution in [2.45, 2.75) is 0 Å². The van der Waals surface area contributed by atoms with Gasteiger partial charge in [-0.25, -0.2) is 0 Å². The van der Waals surface area contributed by atoms with Crippen LogP contribution in [-0.4, -0.2) is 56.0 Å². The third-order valence-corrected chi connectivity index (χ3v) is 1.36. The molecule has 0 spiro atoms. The summed E-state index contributed by atoms with van der Waals surface area (Å²) in [6.45, 7) is -0.672. The summed E-state index contributed by atoms with van der Waals surface area (Å²) in [7, 11) is 2.46. The maximum absolute atomic E-state index is 10.7. The number of aliphatic hydroxyl groups is 1. The van der Waals surface area contributed by atoms with E-state index in [1.807, 2.05) is 0 Å². The minimum Gasteiger partial charge on any atom is -0.468 e. The SMILES string of the molecule is COC(=O)CN(CO)CC(=O)OC. The van der Waals surface area contributed by atoms with Gasteiger partial charge in [0.1, 0.15) is 0 Å². The van der Waals surface area contributed by atoms with E-state index in [0.717, 1.165) is 0 Å². The Bertz CT molecular complexity index is 164. The van der Waals surface area contributed by atoms with Crippen LogP contribution in [0.2, 0.25) is 0 Å². The van der Waals surface area contributed by atoms with Gasteiger partial charge in [0.2, 0.25) is 0 Å². The molecule has 0 aliphatic heterocycles. The van der Waals surface area contributed by atoms with Crippen molar-refractivity contribution in [3.8, 4) is 0 Å². The number of carbonyl (C=O) groups is 2. The van der Waals surface area contributed by atoms with Gasteiger partial charge in [-0.15, -0.1) is 0 Å². The number of hydrogen-bond acceptors (Lipinski definition) is 6. The molecule has 0 aromatic carbocycles. The number of carbonyl (C=O) groups excluding carboxylic acids is 2. The summed E-state index contributed by atoms with van der Waals surface area (Å²) in [5.41, 5.74) is 0. The summed E-state index contributed by atoms with van der Waals surface area (Å²) in [4.78, 5) is 22.6. The third-order valence-electron chi connectivity index (χ3n) is 1.36. The van der Waals surface area contributed by atoms with Crippen molar-refractivity contribution in [2.75, 3.05) is 34.0 Å². The predicted octanol–water partition coefficient (Wildman–Crippen LogP) is -1.42. The van der Waals surface area contributed by atoms with Crippen LogP contribution in [0.5, 0.6) is 0 Å². The second kappa shape index (κ2) is 6.38. The van der Waals surface area contributed by atoms with Crippen molar-refractivity contribution in [3.05, 3.63) is 0 Å². The molecule has 0 heterocycles. The quantitative estimate of drug-likeness (QED) is 0.425. The molecule has 0 aromatic rings. The summed E-state index contributed by atoms with van der Waals surface area (Å²) in [5.74, 6) is -1.03. The van der Waals surface area contributed by atoms with E-state index in [0.29, 0.717) is 0 Å². The molecule has 0 amide bonds. The summed E-state index contributed by atoms with van der Waals surface area (Å²) >= 11 is 0. The van der Waals surface area contributed by atoms with Gasteiger partial charge in [-0.2, -0.15) is 0 Å². The number of esters is 2. The lowest BCUT2D eigenvalue weighted by Gasteiger charge is -2.15. The Morgan fingerprint density at radius 3 is 1.77 bits per heavy atom. The van der Waals surface area contributed by atoms with Crippen molar-refractivity contribution in [1.29, 1.82) is 0 Å². The van der Waals surface area contributed by atoms with Crippen LogP contribution in [0.15, 0.2) is 0 Å². The average molecular weight is 191 g/mol. The Hall–Kier alpha value is -1.14. The first kappa shape index (κ1) is 11.9. The second-order valence-electron chi connectivity index (χ2n) is 2.28. The summed E-state index contributed by atoms with van der Waals surface area (Å²) < 4.78 is 8.71. The van der Waals surface area contributed by atoms with Gasteiger partial charge in [-0.1, -0.05) is 0 Å². The summed E-state index contributed by atoms with van der Waals surface area (Å²) in [6.07, 6.45) is 0. The molecule has 0 radical (unpaired) electrons. The first-order valence-electron chi connectivity index (χ1n) is 3.61. The third kappa shape index (κ3) is 5.15. The van der Waals surface area contributed by atoms with Crippen LogP contribution in [-0.2, 0) is 19.1 Å². The second-order valence-corrected chi connectivity index (χ2v) is 2.28. The lowest BCUT2D eigenvalue weighted by molar-refractivity contribution is -0.147. The van der Waals surface area contributed by atoms with Crippen LogP contribution in [0, 0.1) is 0 Å². The molecular formula is C7H13NO5. The molecule has 0 fully saturated rings. The zero-order valence-electron chi connectivity index (χ0n) is 7.65. The first-order valence-corrected chi connectivity index (χ1v) is 3.61. The molecule has 0 aromatic heterocycles.